The Balaban J connectivity index is 2.99. The van der Waals surface area contributed by atoms with Gasteiger partial charge in [0, 0.05) is 0 Å². The van der Waals surface area contributed by atoms with Crippen molar-refractivity contribution in [3.8, 4) is 10.7 Å². The number of rotatable bonds is 6. The van der Waals surface area contributed by atoms with Crippen LogP contribution in [0.15, 0.2) is 0 Å². The third kappa shape index (κ3) is 10.0. The zero-order valence-electron chi connectivity index (χ0n) is 7.81. The molecule has 0 rings (SSSR count). The van der Waals surface area contributed by atoms with Crippen LogP contribution < -0.4 is 0 Å². The molecular weight excluding hydrogens is 215 g/mol. The molecule has 1 nitrogen and oxygen atoms in total. The summed E-state index contributed by atoms with van der Waals surface area (Å²) in [6, 6.07) is 0. The molecule has 0 saturated carbocycles. The van der Waals surface area contributed by atoms with E-state index >= 15 is 0 Å². The van der Waals surface area contributed by atoms with Crippen LogP contribution in [-0.2, 0) is 0 Å². The molecule has 0 aliphatic rings. The molecule has 0 aromatic rings. The Morgan fingerprint density at radius 2 is 2.08 bits per heavy atom. The number of hydrogen-bond acceptors (Lipinski definition) is 1. The van der Waals surface area contributed by atoms with Gasteiger partial charge in [0.2, 0.25) is 0 Å². The van der Waals surface area contributed by atoms with E-state index in [1.54, 1.807) is 0 Å². The molecule has 0 aliphatic carbocycles. The van der Waals surface area contributed by atoms with E-state index in [1.165, 1.54) is 25.7 Å². The molecule has 0 amide bonds. The molecule has 0 unspecified atom stereocenters. The normalized spacial score (nSPS) is 9.17. The predicted octanol–water partition coefficient (Wildman–Crippen LogP) is 2.03. The Kier molecular flexibility index (Phi) is 11.1. The van der Waals surface area contributed by atoms with Crippen LogP contribution >= 0.6 is 0 Å². The van der Waals surface area contributed by atoms with Gasteiger partial charge in [0.05, 0.1) is 0 Å². The van der Waals surface area contributed by atoms with Gasteiger partial charge in [0.15, 0.2) is 0 Å². The maximum absolute atomic E-state index is 8.49. The Bertz CT molecular complexity index is 135. The predicted molar refractivity (Wildman–Crippen MR) is 54.2 cm³/mol. The first kappa shape index (κ1) is 12.0. The van der Waals surface area contributed by atoms with E-state index in [9.17, 15) is 0 Å². The van der Waals surface area contributed by atoms with Crippen LogP contribution in [0.2, 0.25) is 5.32 Å². The molecule has 0 aliphatic heterocycles. The molecule has 2 heteroatoms. The number of aliphatic hydroxyl groups excluding tert-OH is 1. The first-order valence-corrected chi connectivity index (χ1v) is 6.69. The fourth-order valence-corrected chi connectivity index (χ4v) is 1.67. The molecule has 70 valence electrons. The zero-order valence-corrected chi connectivity index (χ0v) is 9.52. The molecule has 0 atom stereocenters. The Morgan fingerprint density at radius 1 is 1.25 bits per heavy atom. The summed E-state index contributed by atoms with van der Waals surface area (Å²) >= 11 is 0.361. The molecule has 1 N–H and O–H groups in total. The Hall–Kier alpha value is 0.0395. The van der Waals surface area contributed by atoms with E-state index in [0.29, 0.717) is 21.6 Å². The Labute approximate surface area is 82.1 Å². The van der Waals surface area contributed by atoms with Gasteiger partial charge in [0.25, 0.3) is 0 Å². The average molecular weight is 233 g/mol. The van der Waals surface area contributed by atoms with Crippen molar-refractivity contribution in [2.24, 2.45) is 0 Å². The van der Waals surface area contributed by atoms with Gasteiger partial charge in [-0.25, -0.2) is 0 Å². The second kappa shape index (κ2) is 11.0. The summed E-state index contributed by atoms with van der Waals surface area (Å²) in [5, 5.41) is 9.37. The summed E-state index contributed by atoms with van der Waals surface area (Å²) < 4.78 is 0. The molecule has 0 radical (unpaired) electrons. The van der Waals surface area contributed by atoms with Gasteiger partial charge in [-0.2, -0.15) is 0 Å². The van der Waals surface area contributed by atoms with Crippen LogP contribution in [0.25, 0.3) is 0 Å². The van der Waals surface area contributed by atoms with Crippen molar-refractivity contribution in [2.45, 2.75) is 44.3 Å². The number of hydrogen-bond donors (Lipinski definition) is 1. The topological polar surface area (TPSA) is 20.2 Å². The number of unbranched alkanes of at least 4 members (excludes halogenated alkanes) is 4. The van der Waals surface area contributed by atoms with Crippen LogP contribution in [0.5, 0.6) is 0 Å². The first-order chi connectivity index (χ1) is 5.91. The van der Waals surface area contributed by atoms with E-state index in [0.717, 1.165) is 11.7 Å². The van der Waals surface area contributed by atoms with Crippen LogP contribution in [0.1, 0.15) is 39.0 Å². The van der Waals surface area contributed by atoms with E-state index in [-0.39, 0.29) is 0 Å². The SMILES string of the molecule is CCCCCCC#C[Se]CCO. The third-order valence-electron chi connectivity index (χ3n) is 1.49. The van der Waals surface area contributed by atoms with Crippen LogP contribution in [0, 0.1) is 10.7 Å². The average Bonchev–Trinajstić information content (AvgIpc) is 2.10. The fourth-order valence-electron chi connectivity index (χ4n) is 0.839. The Morgan fingerprint density at radius 3 is 2.75 bits per heavy atom. The van der Waals surface area contributed by atoms with E-state index in [1.807, 2.05) is 0 Å². The van der Waals surface area contributed by atoms with Crippen molar-refractivity contribution < 1.29 is 5.11 Å². The maximum atomic E-state index is 8.49. The summed E-state index contributed by atoms with van der Waals surface area (Å²) in [4.78, 5) is 3.12. The van der Waals surface area contributed by atoms with Crippen molar-refractivity contribution >= 4 is 15.0 Å². The summed E-state index contributed by atoms with van der Waals surface area (Å²) in [6.07, 6.45) is 6.24. The summed E-state index contributed by atoms with van der Waals surface area (Å²) in [5.41, 5.74) is 0. The minimum absolute atomic E-state index is 0.296. The summed E-state index contributed by atoms with van der Waals surface area (Å²) in [5.74, 6) is 3.15. The molecule has 0 fully saturated rings. The molecular formula is C10H18OSe. The monoisotopic (exact) mass is 234 g/mol. The van der Waals surface area contributed by atoms with Crippen LogP contribution in [0.3, 0.4) is 0 Å². The molecule has 0 saturated heterocycles. The number of aliphatic hydroxyl groups is 1. The van der Waals surface area contributed by atoms with Crippen molar-refractivity contribution in [2.75, 3.05) is 6.61 Å². The molecule has 12 heavy (non-hydrogen) atoms. The molecule has 0 bridgehead atoms. The molecule has 0 aromatic heterocycles. The van der Waals surface area contributed by atoms with E-state index in [4.69, 9.17) is 5.11 Å². The quantitative estimate of drug-likeness (QED) is 0.423. The van der Waals surface area contributed by atoms with Crippen LogP contribution in [0.4, 0.5) is 0 Å². The van der Waals surface area contributed by atoms with Gasteiger partial charge in [-0.1, -0.05) is 0 Å². The van der Waals surface area contributed by atoms with Gasteiger partial charge in [0.1, 0.15) is 0 Å². The molecule has 0 spiro atoms. The molecule has 0 heterocycles. The van der Waals surface area contributed by atoms with Crippen molar-refractivity contribution in [3.63, 3.8) is 0 Å². The summed E-state index contributed by atoms with van der Waals surface area (Å²) in [7, 11) is 0. The summed E-state index contributed by atoms with van der Waals surface area (Å²) in [6.45, 7) is 2.51. The standard InChI is InChI=1S/C10H18OSe/c1-2-3-4-5-6-7-9-12-10-8-11/h11H,2-6,8,10H2,1H3. The first-order valence-electron chi connectivity index (χ1n) is 4.62. The van der Waals surface area contributed by atoms with Crippen LogP contribution in [-0.4, -0.2) is 26.7 Å². The van der Waals surface area contributed by atoms with Gasteiger partial charge in [-0.05, 0) is 0 Å². The van der Waals surface area contributed by atoms with E-state index < -0.39 is 0 Å². The third-order valence-corrected chi connectivity index (χ3v) is 2.91. The second-order valence-corrected chi connectivity index (χ2v) is 4.55. The van der Waals surface area contributed by atoms with Gasteiger partial charge >= 0.3 is 81.8 Å². The second-order valence-electron chi connectivity index (χ2n) is 2.66. The van der Waals surface area contributed by atoms with Gasteiger partial charge in [-0.15, -0.1) is 0 Å². The van der Waals surface area contributed by atoms with Crippen molar-refractivity contribution in [1.29, 1.82) is 0 Å². The zero-order chi connectivity index (χ0) is 9.07. The van der Waals surface area contributed by atoms with Crippen molar-refractivity contribution in [1.82, 2.24) is 0 Å². The molecule has 0 aromatic carbocycles. The van der Waals surface area contributed by atoms with Gasteiger partial charge < -0.3 is 0 Å². The van der Waals surface area contributed by atoms with E-state index in [2.05, 4.69) is 17.7 Å². The minimum atomic E-state index is 0.296. The van der Waals surface area contributed by atoms with Crippen molar-refractivity contribution in [3.05, 3.63) is 0 Å². The fraction of sp³-hybridized carbons (Fsp3) is 0.800. The van der Waals surface area contributed by atoms with Gasteiger partial charge in [-0.3, -0.25) is 0 Å².